The molecule has 0 aromatic heterocycles. The van der Waals surface area contributed by atoms with Gasteiger partial charge in [-0.15, -0.1) is 0 Å². The molecule has 0 fully saturated rings. The van der Waals surface area contributed by atoms with Gasteiger partial charge in [0.15, 0.2) is 0 Å². The molecule has 4 aromatic carbocycles. The van der Waals surface area contributed by atoms with Crippen LogP contribution in [-0.4, -0.2) is 13.2 Å². The van der Waals surface area contributed by atoms with Gasteiger partial charge in [-0.1, -0.05) is 99.5 Å². The number of hydrogen-bond donors (Lipinski definition) is 0. The van der Waals surface area contributed by atoms with Crippen molar-refractivity contribution in [1.82, 2.24) is 0 Å². The Labute approximate surface area is 315 Å². The third kappa shape index (κ3) is 11.8. The van der Waals surface area contributed by atoms with E-state index in [0.29, 0.717) is 32.8 Å². The van der Waals surface area contributed by atoms with Gasteiger partial charge in [-0.05, 0) is 97.2 Å². The molecule has 0 aliphatic rings. The number of unbranched alkanes of at least 4 members (excludes halogenated alkanes) is 2. The number of hydrogen-bond acceptors (Lipinski definition) is 6. The third-order valence-electron chi connectivity index (χ3n) is 7.34. The van der Waals surface area contributed by atoms with Crippen LogP contribution in [-0.2, 0) is 67.0 Å². The van der Waals surface area contributed by atoms with Crippen molar-refractivity contribution in [1.29, 1.82) is 0 Å². The summed E-state index contributed by atoms with van der Waals surface area (Å²) in [4.78, 5) is 2.78. The molecule has 0 amide bonds. The summed E-state index contributed by atoms with van der Waals surface area (Å²) < 4.78 is 12.0. The average Bonchev–Trinajstić information content (AvgIpc) is 3.04. The fourth-order valence-corrected chi connectivity index (χ4v) is 6.22. The maximum Gasteiger partial charge on any atom is 0.125 e. The Kier molecular flexibility index (Phi) is 17.8. The molecule has 0 heterocycles. The van der Waals surface area contributed by atoms with E-state index in [4.69, 9.17) is 60.0 Å². The molecule has 4 rings (SSSR count). The molecule has 0 spiro atoms. The Morgan fingerprint density at radius 3 is 1.17 bits per heavy atom. The Hall–Kier alpha value is -2.67. The van der Waals surface area contributed by atoms with Gasteiger partial charge in [0.05, 0.1) is 13.2 Å². The minimum Gasteiger partial charge on any atom is -0.780 e. The molecule has 0 saturated heterocycles. The minimum atomic E-state index is 0. The van der Waals surface area contributed by atoms with Crippen molar-refractivity contribution < 1.29 is 26.0 Å². The molecular formula is C40H44NiO2S4-4. The van der Waals surface area contributed by atoms with E-state index in [9.17, 15) is 0 Å². The molecule has 0 atom stereocenters. The number of rotatable bonds is 12. The predicted octanol–water partition coefficient (Wildman–Crippen LogP) is 10.8. The monoisotopic (exact) mass is 742 g/mol. The maximum atomic E-state index is 6.00. The van der Waals surface area contributed by atoms with Crippen LogP contribution >= 0.6 is 0 Å². The van der Waals surface area contributed by atoms with Crippen LogP contribution in [0, 0.1) is 27.7 Å². The van der Waals surface area contributed by atoms with Gasteiger partial charge >= 0.3 is 0 Å². The van der Waals surface area contributed by atoms with Gasteiger partial charge in [0.1, 0.15) is 11.5 Å². The van der Waals surface area contributed by atoms with Gasteiger partial charge in [-0.2, -0.15) is 19.6 Å². The first-order chi connectivity index (χ1) is 22.1. The SMILES string of the molecule is CCCCOc1cc(C)cc(C)c1/C([S-])=C(/[S-])c1ccccc1.CCCCOc1cc(C)cc(C)c1/C([S-])=C(/[S-])c1ccccc1.[Ni]. The van der Waals surface area contributed by atoms with Gasteiger partial charge in [0, 0.05) is 16.5 Å². The molecule has 0 N–H and O–H groups in total. The van der Waals surface area contributed by atoms with Gasteiger partial charge in [0.2, 0.25) is 0 Å². The van der Waals surface area contributed by atoms with Crippen LogP contribution in [0.2, 0.25) is 0 Å². The van der Waals surface area contributed by atoms with Crippen LogP contribution < -0.4 is 9.47 Å². The first-order valence-electron chi connectivity index (χ1n) is 15.8. The van der Waals surface area contributed by atoms with E-state index in [1.54, 1.807) is 0 Å². The molecule has 0 aliphatic carbocycles. The largest absolute Gasteiger partial charge is 0.780 e. The van der Waals surface area contributed by atoms with E-state index in [2.05, 4.69) is 65.8 Å². The van der Waals surface area contributed by atoms with E-state index >= 15 is 0 Å². The Bertz CT molecular complexity index is 1510. The molecule has 47 heavy (non-hydrogen) atoms. The molecule has 7 heteroatoms. The van der Waals surface area contributed by atoms with Crippen LogP contribution in [0.4, 0.5) is 0 Å². The van der Waals surface area contributed by atoms with Crippen LogP contribution in [0.25, 0.3) is 19.6 Å². The van der Waals surface area contributed by atoms with Gasteiger partial charge in [0.25, 0.3) is 0 Å². The zero-order valence-corrected chi connectivity index (χ0v) is 32.3. The summed E-state index contributed by atoms with van der Waals surface area (Å²) in [5.74, 6) is 1.69. The smallest absolute Gasteiger partial charge is 0.125 e. The van der Waals surface area contributed by atoms with Crippen molar-refractivity contribution in [2.75, 3.05) is 13.2 Å². The molecule has 0 saturated carbocycles. The topological polar surface area (TPSA) is 18.5 Å². The molecule has 0 aliphatic heterocycles. The Balaban J connectivity index is 0.000000320. The normalized spacial score (nSPS) is 11.7. The number of ether oxygens (including phenoxy) is 2. The molecule has 254 valence electrons. The summed E-state index contributed by atoms with van der Waals surface area (Å²) in [7, 11) is 0. The first kappa shape index (κ1) is 40.5. The summed E-state index contributed by atoms with van der Waals surface area (Å²) in [5, 5.41) is 0. The van der Waals surface area contributed by atoms with Crippen molar-refractivity contribution in [2.45, 2.75) is 67.2 Å². The molecule has 0 unspecified atom stereocenters. The van der Waals surface area contributed by atoms with Gasteiger partial charge in [-0.3, -0.25) is 0 Å². The maximum absolute atomic E-state index is 6.00. The fraction of sp³-hybridized carbons (Fsp3) is 0.300. The molecule has 0 radical (unpaired) electrons. The predicted molar refractivity (Wildman–Crippen MR) is 209 cm³/mol. The molecule has 0 bridgehead atoms. The van der Waals surface area contributed by atoms with E-state index in [-0.39, 0.29) is 16.5 Å². The van der Waals surface area contributed by atoms with E-state index in [1.807, 2.05) is 60.7 Å². The quantitative estimate of drug-likeness (QED) is 0.0618. The van der Waals surface area contributed by atoms with Crippen molar-refractivity contribution >= 4 is 70.1 Å². The zero-order valence-electron chi connectivity index (χ0n) is 28.1. The van der Waals surface area contributed by atoms with Gasteiger partial charge < -0.3 is 60.0 Å². The minimum absolute atomic E-state index is 0. The second kappa shape index (κ2) is 20.6. The van der Waals surface area contributed by atoms with E-state index < -0.39 is 0 Å². The summed E-state index contributed by atoms with van der Waals surface area (Å²) in [6.45, 7) is 14.0. The standard InChI is InChI=1S/2C20H24OS2.Ni/c2*1-4-5-11-21-17-13-14(2)12-15(3)18(17)20(23)19(22)16-9-7-6-8-10-16;/h2*6-10,12-13,22-23H,4-5,11H2,1-3H3;/p-4/b2*20-19-;. The van der Waals surface area contributed by atoms with Crippen LogP contribution in [0.3, 0.4) is 0 Å². The average molecular weight is 744 g/mol. The van der Waals surface area contributed by atoms with Crippen molar-refractivity contribution in [3.05, 3.63) is 129 Å². The Morgan fingerprint density at radius 2 is 0.851 bits per heavy atom. The van der Waals surface area contributed by atoms with Crippen LogP contribution in [0.15, 0.2) is 84.9 Å². The van der Waals surface area contributed by atoms with Crippen LogP contribution in [0.5, 0.6) is 11.5 Å². The second-order valence-corrected chi connectivity index (χ2v) is 13.0. The van der Waals surface area contributed by atoms with Crippen molar-refractivity contribution in [3.8, 4) is 11.5 Å². The Morgan fingerprint density at radius 1 is 0.511 bits per heavy atom. The summed E-state index contributed by atoms with van der Waals surface area (Å²) in [5.41, 5.74) is 8.43. The summed E-state index contributed by atoms with van der Waals surface area (Å²) in [6.07, 6.45) is 4.27. The number of benzene rings is 4. The summed E-state index contributed by atoms with van der Waals surface area (Å²) in [6, 6.07) is 28.2. The van der Waals surface area contributed by atoms with E-state index in [0.717, 1.165) is 70.6 Å². The summed E-state index contributed by atoms with van der Waals surface area (Å²) >= 11 is 22.6. The van der Waals surface area contributed by atoms with E-state index in [1.165, 1.54) is 11.1 Å². The fourth-order valence-electron chi connectivity index (χ4n) is 4.99. The van der Waals surface area contributed by atoms with Crippen molar-refractivity contribution in [2.24, 2.45) is 0 Å². The molecule has 4 aromatic rings. The van der Waals surface area contributed by atoms with Gasteiger partial charge in [-0.25, -0.2) is 0 Å². The zero-order chi connectivity index (χ0) is 33.6. The van der Waals surface area contributed by atoms with Crippen LogP contribution in [0.1, 0.15) is 84.0 Å². The third-order valence-corrected chi connectivity index (χ3v) is 9.29. The van der Waals surface area contributed by atoms with Crippen molar-refractivity contribution in [3.63, 3.8) is 0 Å². The first-order valence-corrected chi connectivity index (χ1v) is 17.5. The second-order valence-electron chi connectivity index (χ2n) is 11.4. The molecule has 2 nitrogen and oxygen atoms in total. The molecular weight excluding hydrogens is 699 g/mol. The number of aryl methyl sites for hydroxylation is 4.